The van der Waals surface area contributed by atoms with Gasteiger partial charge in [0.15, 0.2) is 5.82 Å². The molecule has 0 fully saturated rings. The Hall–Kier alpha value is -2.75. The lowest BCUT2D eigenvalue weighted by Gasteiger charge is -2.08. The molecule has 0 atom stereocenters. The number of anilines is 1. The van der Waals surface area contributed by atoms with Crippen molar-refractivity contribution >= 4 is 22.8 Å². The monoisotopic (exact) mass is 262 g/mol. The van der Waals surface area contributed by atoms with E-state index in [0.29, 0.717) is 18.1 Å². The second-order valence-electron chi connectivity index (χ2n) is 4.48. The molecule has 0 saturated carbocycles. The molecule has 0 spiro atoms. The molecular formula is C16H14N4. The van der Waals surface area contributed by atoms with Crippen LogP contribution in [0, 0.1) is 0 Å². The maximum absolute atomic E-state index is 6.07. The molecule has 3 rings (SSSR count). The average molecular weight is 262 g/mol. The maximum atomic E-state index is 6.07. The summed E-state index contributed by atoms with van der Waals surface area (Å²) in [5, 5.41) is 0.892. The van der Waals surface area contributed by atoms with Gasteiger partial charge in [0.25, 0.3) is 0 Å². The number of nitrogens with two attached hydrogens (primary N) is 1. The molecule has 1 aromatic carbocycles. The molecule has 0 amide bonds. The second kappa shape index (κ2) is 5.09. The Morgan fingerprint density at radius 1 is 1.10 bits per heavy atom. The van der Waals surface area contributed by atoms with Crippen LogP contribution in [0.2, 0.25) is 0 Å². The highest BCUT2D eigenvalue weighted by atomic mass is 14.9. The van der Waals surface area contributed by atoms with Crippen molar-refractivity contribution in [1.29, 1.82) is 0 Å². The highest BCUT2D eigenvalue weighted by molar-refractivity contribution is 5.91. The Bertz CT molecular complexity index is 766. The number of rotatable bonds is 3. The fraction of sp³-hybridized carbons (Fsp3) is 0.0625. The summed E-state index contributed by atoms with van der Waals surface area (Å²) in [6.07, 6.45) is 4.09. The minimum absolute atomic E-state index is 0.483. The zero-order valence-electron chi connectivity index (χ0n) is 11.0. The number of pyridine rings is 1. The Morgan fingerprint density at radius 2 is 2.00 bits per heavy atom. The van der Waals surface area contributed by atoms with E-state index >= 15 is 0 Å². The van der Waals surface area contributed by atoms with Gasteiger partial charge in [-0.15, -0.1) is 0 Å². The molecule has 0 aliphatic carbocycles. The van der Waals surface area contributed by atoms with Gasteiger partial charge in [-0.05, 0) is 29.8 Å². The predicted octanol–water partition coefficient (Wildman–Crippen LogP) is 2.84. The van der Waals surface area contributed by atoms with Crippen LogP contribution in [0.3, 0.4) is 0 Å². The van der Waals surface area contributed by atoms with Crippen molar-refractivity contribution in [3.05, 3.63) is 66.3 Å². The molecular weight excluding hydrogens is 248 g/mol. The fourth-order valence-electron chi connectivity index (χ4n) is 2.24. The van der Waals surface area contributed by atoms with Crippen LogP contribution in [-0.4, -0.2) is 15.0 Å². The highest BCUT2D eigenvalue weighted by Crippen LogP contribution is 2.24. The second-order valence-corrected chi connectivity index (χ2v) is 4.48. The standard InChI is InChI=1S/C16H14N4/c1-2-14-19-13-8-5-6-11(15(13)16(17)20-14)10-12-7-3-4-9-18-12/h2-9H,1,10H2,(H2,17,19,20). The number of nitrogen functional groups attached to an aromatic ring is 1. The normalized spacial score (nSPS) is 10.6. The first-order valence-electron chi connectivity index (χ1n) is 6.35. The van der Waals surface area contributed by atoms with Crippen LogP contribution in [0.25, 0.3) is 17.0 Å². The molecule has 4 nitrogen and oxygen atoms in total. The quantitative estimate of drug-likeness (QED) is 0.788. The van der Waals surface area contributed by atoms with Gasteiger partial charge in [-0.2, -0.15) is 0 Å². The zero-order chi connectivity index (χ0) is 13.9. The molecule has 0 radical (unpaired) electrons. The Kier molecular flexibility index (Phi) is 3.13. The first-order chi connectivity index (χ1) is 9.78. The third-order valence-corrected chi connectivity index (χ3v) is 3.14. The summed E-state index contributed by atoms with van der Waals surface area (Å²) in [7, 11) is 0. The summed E-state index contributed by atoms with van der Waals surface area (Å²) < 4.78 is 0. The molecule has 0 saturated heterocycles. The van der Waals surface area contributed by atoms with E-state index in [1.54, 1.807) is 12.3 Å². The van der Waals surface area contributed by atoms with Crippen LogP contribution in [0.1, 0.15) is 17.1 Å². The van der Waals surface area contributed by atoms with Crippen LogP contribution >= 0.6 is 0 Å². The maximum Gasteiger partial charge on any atom is 0.154 e. The topological polar surface area (TPSA) is 64.7 Å². The lowest BCUT2D eigenvalue weighted by molar-refractivity contribution is 1.08. The van der Waals surface area contributed by atoms with Crippen molar-refractivity contribution < 1.29 is 0 Å². The molecule has 3 aromatic rings. The number of fused-ring (bicyclic) bond motifs is 1. The zero-order valence-corrected chi connectivity index (χ0v) is 11.0. The summed E-state index contributed by atoms with van der Waals surface area (Å²) in [5.74, 6) is 1.03. The molecule has 20 heavy (non-hydrogen) atoms. The Morgan fingerprint density at radius 3 is 2.75 bits per heavy atom. The van der Waals surface area contributed by atoms with Crippen LogP contribution in [0.5, 0.6) is 0 Å². The van der Waals surface area contributed by atoms with E-state index in [2.05, 4.69) is 21.5 Å². The summed E-state index contributed by atoms with van der Waals surface area (Å²) >= 11 is 0. The molecule has 0 bridgehead atoms. The molecule has 4 heteroatoms. The van der Waals surface area contributed by atoms with Gasteiger partial charge in [-0.1, -0.05) is 24.8 Å². The van der Waals surface area contributed by atoms with Gasteiger partial charge in [0.2, 0.25) is 0 Å². The van der Waals surface area contributed by atoms with Crippen molar-refractivity contribution in [3.8, 4) is 0 Å². The van der Waals surface area contributed by atoms with Gasteiger partial charge in [0.1, 0.15) is 5.82 Å². The number of hydrogen-bond acceptors (Lipinski definition) is 4. The van der Waals surface area contributed by atoms with E-state index in [9.17, 15) is 0 Å². The van der Waals surface area contributed by atoms with E-state index in [1.807, 2.05) is 36.4 Å². The van der Waals surface area contributed by atoms with Gasteiger partial charge in [-0.3, -0.25) is 4.98 Å². The van der Waals surface area contributed by atoms with Gasteiger partial charge in [0, 0.05) is 23.7 Å². The van der Waals surface area contributed by atoms with Crippen LogP contribution < -0.4 is 5.73 Å². The van der Waals surface area contributed by atoms with Crippen LogP contribution in [0.15, 0.2) is 49.2 Å². The van der Waals surface area contributed by atoms with Crippen molar-refractivity contribution in [2.75, 3.05) is 5.73 Å². The fourth-order valence-corrected chi connectivity index (χ4v) is 2.24. The third-order valence-electron chi connectivity index (χ3n) is 3.14. The first-order valence-corrected chi connectivity index (χ1v) is 6.35. The van der Waals surface area contributed by atoms with Crippen LogP contribution in [-0.2, 0) is 6.42 Å². The van der Waals surface area contributed by atoms with E-state index in [-0.39, 0.29) is 0 Å². The minimum atomic E-state index is 0.483. The smallest absolute Gasteiger partial charge is 0.154 e. The summed E-state index contributed by atoms with van der Waals surface area (Å²) in [6, 6.07) is 11.8. The van der Waals surface area contributed by atoms with Gasteiger partial charge in [0.05, 0.1) is 5.52 Å². The Balaban J connectivity index is 2.14. The SMILES string of the molecule is C=Cc1nc(N)c2c(Cc3ccccn3)cccc2n1. The number of hydrogen-bond donors (Lipinski definition) is 1. The molecule has 2 N–H and O–H groups in total. The first kappa shape index (κ1) is 12.3. The Labute approximate surface area is 117 Å². The van der Waals surface area contributed by atoms with Gasteiger partial charge >= 0.3 is 0 Å². The molecule has 98 valence electrons. The van der Waals surface area contributed by atoms with E-state index in [4.69, 9.17) is 5.73 Å². The highest BCUT2D eigenvalue weighted by Gasteiger charge is 2.09. The number of aromatic nitrogens is 3. The summed E-state index contributed by atoms with van der Waals surface area (Å²) in [5.41, 5.74) is 8.97. The molecule has 2 aromatic heterocycles. The summed E-state index contributed by atoms with van der Waals surface area (Å²) in [6.45, 7) is 3.68. The molecule has 0 unspecified atom stereocenters. The third kappa shape index (κ3) is 2.23. The van der Waals surface area contributed by atoms with Crippen molar-refractivity contribution in [2.24, 2.45) is 0 Å². The van der Waals surface area contributed by atoms with E-state index in [0.717, 1.165) is 22.2 Å². The van der Waals surface area contributed by atoms with Crippen molar-refractivity contribution in [2.45, 2.75) is 6.42 Å². The lowest BCUT2D eigenvalue weighted by Crippen LogP contribution is -2.01. The molecule has 0 aliphatic heterocycles. The number of nitrogens with zero attached hydrogens (tertiary/aromatic N) is 3. The van der Waals surface area contributed by atoms with Crippen LogP contribution in [0.4, 0.5) is 5.82 Å². The molecule has 0 aliphatic rings. The largest absolute Gasteiger partial charge is 0.383 e. The van der Waals surface area contributed by atoms with Gasteiger partial charge < -0.3 is 5.73 Å². The average Bonchev–Trinajstić information content (AvgIpc) is 2.48. The molecule has 2 heterocycles. The van der Waals surface area contributed by atoms with E-state index in [1.165, 1.54) is 0 Å². The lowest BCUT2D eigenvalue weighted by atomic mass is 10.0. The summed E-state index contributed by atoms with van der Waals surface area (Å²) in [4.78, 5) is 13.0. The predicted molar refractivity (Wildman–Crippen MR) is 81.1 cm³/mol. The number of benzene rings is 1. The van der Waals surface area contributed by atoms with Crippen molar-refractivity contribution in [1.82, 2.24) is 15.0 Å². The van der Waals surface area contributed by atoms with E-state index < -0.39 is 0 Å². The van der Waals surface area contributed by atoms with Crippen molar-refractivity contribution in [3.63, 3.8) is 0 Å². The minimum Gasteiger partial charge on any atom is -0.383 e. The van der Waals surface area contributed by atoms with Gasteiger partial charge in [-0.25, -0.2) is 9.97 Å².